The van der Waals surface area contributed by atoms with Gasteiger partial charge < -0.3 is 23.8 Å². The van der Waals surface area contributed by atoms with E-state index in [-0.39, 0.29) is 30.0 Å². The van der Waals surface area contributed by atoms with Gasteiger partial charge in [-0.25, -0.2) is 4.79 Å². The number of rotatable bonds is 6. The Morgan fingerprint density at radius 1 is 1.05 bits per heavy atom. The van der Waals surface area contributed by atoms with E-state index in [1.807, 2.05) is 6.07 Å². The Morgan fingerprint density at radius 2 is 1.77 bits per heavy atom. The fourth-order valence-corrected chi connectivity index (χ4v) is 6.29. The SMILES string of the molecule is CCOC(=O)[C@@]12CC[C@@H](OC(=O)c3ccccc3)[C@H]3c4cc(OC)c(OC(=O)C(C)(C)C)cc4C(=O)N(CC1)[C@H]32. The first-order chi connectivity index (χ1) is 19.0. The summed E-state index contributed by atoms with van der Waals surface area (Å²) in [5, 5.41) is 0. The van der Waals surface area contributed by atoms with Crippen molar-refractivity contribution in [2.75, 3.05) is 20.3 Å². The average molecular weight is 550 g/mol. The number of nitrogens with zero attached hydrogens (tertiary/aromatic N) is 1. The first-order valence-corrected chi connectivity index (χ1v) is 13.7. The van der Waals surface area contributed by atoms with Crippen molar-refractivity contribution in [1.82, 2.24) is 4.90 Å². The van der Waals surface area contributed by atoms with E-state index in [1.165, 1.54) is 13.2 Å². The van der Waals surface area contributed by atoms with Crippen LogP contribution in [0.1, 0.15) is 79.2 Å². The number of ether oxygens (including phenoxy) is 4. The molecule has 4 atom stereocenters. The summed E-state index contributed by atoms with van der Waals surface area (Å²) in [6, 6.07) is 11.4. The van der Waals surface area contributed by atoms with Gasteiger partial charge in [0.2, 0.25) is 0 Å². The second-order valence-corrected chi connectivity index (χ2v) is 11.7. The summed E-state index contributed by atoms with van der Waals surface area (Å²) in [6.07, 6.45) is 0.690. The highest BCUT2D eigenvalue weighted by Gasteiger charge is 2.64. The number of hydrogen-bond donors (Lipinski definition) is 0. The van der Waals surface area contributed by atoms with E-state index in [4.69, 9.17) is 18.9 Å². The molecule has 2 aromatic rings. The molecule has 40 heavy (non-hydrogen) atoms. The first-order valence-electron chi connectivity index (χ1n) is 13.7. The molecular formula is C31H35NO8. The molecule has 5 rings (SSSR count). The number of carbonyl (C=O) groups is 4. The van der Waals surface area contributed by atoms with Crippen molar-refractivity contribution >= 4 is 23.8 Å². The second-order valence-electron chi connectivity index (χ2n) is 11.7. The predicted molar refractivity (Wildman–Crippen MR) is 144 cm³/mol. The number of benzene rings is 2. The molecule has 0 unspecified atom stereocenters. The van der Waals surface area contributed by atoms with E-state index in [0.717, 1.165) is 0 Å². The van der Waals surface area contributed by atoms with Gasteiger partial charge in [0.25, 0.3) is 5.91 Å². The van der Waals surface area contributed by atoms with Crippen LogP contribution in [0.25, 0.3) is 0 Å². The van der Waals surface area contributed by atoms with Gasteiger partial charge in [-0.2, -0.15) is 0 Å². The van der Waals surface area contributed by atoms with Crippen molar-refractivity contribution in [1.29, 1.82) is 0 Å². The molecule has 1 saturated heterocycles. The Labute approximate surface area is 233 Å². The van der Waals surface area contributed by atoms with Crippen LogP contribution < -0.4 is 9.47 Å². The van der Waals surface area contributed by atoms with Crippen LogP contribution in [0, 0.1) is 10.8 Å². The van der Waals surface area contributed by atoms with Crippen molar-refractivity contribution in [2.24, 2.45) is 10.8 Å². The zero-order chi connectivity index (χ0) is 28.8. The lowest BCUT2D eigenvalue weighted by Gasteiger charge is -2.50. The Hall–Kier alpha value is -3.88. The van der Waals surface area contributed by atoms with Crippen LogP contribution in [0.4, 0.5) is 0 Å². The smallest absolute Gasteiger partial charge is 0.338 e. The van der Waals surface area contributed by atoms with Crippen LogP contribution in [-0.2, 0) is 19.1 Å². The van der Waals surface area contributed by atoms with Gasteiger partial charge >= 0.3 is 17.9 Å². The quantitative estimate of drug-likeness (QED) is 0.382. The number of carbonyl (C=O) groups excluding carboxylic acids is 4. The van der Waals surface area contributed by atoms with E-state index in [2.05, 4.69) is 0 Å². The fraction of sp³-hybridized carbons (Fsp3) is 0.484. The number of hydrogen-bond acceptors (Lipinski definition) is 8. The van der Waals surface area contributed by atoms with Crippen LogP contribution >= 0.6 is 0 Å². The van der Waals surface area contributed by atoms with Crippen LogP contribution in [0.2, 0.25) is 0 Å². The van der Waals surface area contributed by atoms with Gasteiger partial charge in [-0.1, -0.05) is 18.2 Å². The van der Waals surface area contributed by atoms with E-state index < -0.39 is 40.8 Å². The summed E-state index contributed by atoms with van der Waals surface area (Å²) in [6.45, 7) is 7.57. The van der Waals surface area contributed by atoms with Gasteiger partial charge in [-0.3, -0.25) is 14.4 Å². The fourth-order valence-electron chi connectivity index (χ4n) is 6.29. The lowest BCUT2D eigenvalue weighted by atomic mass is 9.61. The van der Waals surface area contributed by atoms with Crippen molar-refractivity contribution in [3.8, 4) is 11.5 Å². The van der Waals surface area contributed by atoms with E-state index in [9.17, 15) is 19.2 Å². The summed E-state index contributed by atoms with van der Waals surface area (Å²) < 4.78 is 22.9. The zero-order valence-electron chi connectivity index (χ0n) is 23.5. The van der Waals surface area contributed by atoms with Crippen molar-refractivity contribution in [3.05, 3.63) is 59.2 Å². The minimum Gasteiger partial charge on any atom is -0.493 e. The number of fused-ring (bicyclic) bond motifs is 2. The molecule has 0 radical (unpaired) electrons. The summed E-state index contributed by atoms with van der Waals surface area (Å²) in [4.78, 5) is 55.0. The maximum Gasteiger partial charge on any atom is 0.338 e. The van der Waals surface area contributed by atoms with Crippen LogP contribution in [0.5, 0.6) is 11.5 Å². The summed E-state index contributed by atoms with van der Waals surface area (Å²) in [5.74, 6) is -1.65. The monoisotopic (exact) mass is 549 g/mol. The molecule has 2 aromatic carbocycles. The van der Waals surface area contributed by atoms with Gasteiger partial charge in [0.1, 0.15) is 6.10 Å². The molecule has 3 aliphatic rings. The highest BCUT2D eigenvalue weighted by atomic mass is 16.6. The third kappa shape index (κ3) is 4.51. The molecule has 1 aliphatic carbocycles. The molecule has 1 saturated carbocycles. The Morgan fingerprint density at radius 3 is 2.42 bits per heavy atom. The molecule has 212 valence electrons. The maximum atomic E-state index is 13.9. The molecule has 0 bridgehead atoms. The Balaban J connectivity index is 1.62. The van der Waals surface area contributed by atoms with Gasteiger partial charge in [0.15, 0.2) is 11.5 Å². The molecule has 1 amide bonds. The lowest BCUT2D eigenvalue weighted by molar-refractivity contribution is -0.161. The van der Waals surface area contributed by atoms with Gasteiger partial charge in [-0.15, -0.1) is 0 Å². The van der Waals surface area contributed by atoms with E-state index >= 15 is 0 Å². The highest BCUT2D eigenvalue weighted by Crippen LogP contribution is 2.57. The molecule has 9 heteroatoms. The third-order valence-electron chi connectivity index (χ3n) is 8.27. The van der Waals surface area contributed by atoms with Crippen LogP contribution in [0.15, 0.2) is 42.5 Å². The van der Waals surface area contributed by atoms with E-state index in [0.29, 0.717) is 42.5 Å². The molecule has 9 nitrogen and oxygen atoms in total. The molecule has 0 aromatic heterocycles. The molecule has 2 fully saturated rings. The minimum atomic E-state index is -0.908. The van der Waals surface area contributed by atoms with Crippen LogP contribution in [-0.4, -0.2) is 61.1 Å². The average Bonchev–Trinajstić information content (AvgIpc) is 3.33. The minimum absolute atomic E-state index is 0.137. The van der Waals surface area contributed by atoms with Crippen molar-refractivity contribution in [2.45, 2.75) is 65.0 Å². The first kappa shape index (κ1) is 27.7. The number of esters is 3. The molecule has 2 aliphatic heterocycles. The summed E-state index contributed by atoms with van der Waals surface area (Å²) in [5.41, 5.74) is -0.332. The third-order valence-corrected chi connectivity index (χ3v) is 8.27. The topological polar surface area (TPSA) is 108 Å². The molecular weight excluding hydrogens is 514 g/mol. The zero-order valence-corrected chi connectivity index (χ0v) is 23.5. The van der Waals surface area contributed by atoms with Crippen LogP contribution in [0.3, 0.4) is 0 Å². The van der Waals surface area contributed by atoms with Crippen molar-refractivity contribution in [3.63, 3.8) is 0 Å². The molecule has 0 spiro atoms. The van der Waals surface area contributed by atoms with E-state index in [1.54, 1.807) is 62.9 Å². The normalized spacial score (nSPS) is 25.0. The predicted octanol–water partition coefficient (Wildman–Crippen LogP) is 4.53. The number of methoxy groups -OCH3 is 1. The maximum absolute atomic E-state index is 13.9. The summed E-state index contributed by atoms with van der Waals surface area (Å²) >= 11 is 0. The molecule has 0 N–H and O–H groups in total. The second kappa shape index (κ2) is 10.3. The van der Waals surface area contributed by atoms with Gasteiger partial charge in [-0.05, 0) is 76.8 Å². The highest BCUT2D eigenvalue weighted by molar-refractivity contribution is 6.00. The standard InChI is InChI=1S/C31H35NO8/c1-6-38-29(36)31-13-12-21(39-27(34)18-10-8-7-9-11-18)24-19-16-22(37-5)23(40-28(35)30(2,3)4)17-20(19)26(33)32(15-14-31)25(24)31/h7-11,16-17,21,24-25H,6,12-15H2,1-5H3/t21-,24-,25-,31+/m1/s1. The van der Waals surface area contributed by atoms with Crippen molar-refractivity contribution < 1.29 is 38.1 Å². The van der Waals surface area contributed by atoms with Gasteiger partial charge in [0.05, 0.1) is 36.2 Å². The van der Waals surface area contributed by atoms with Gasteiger partial charge in [0, 0.05) is 18.0 Å². The number of amides is 1. The Bertz CT molecular complexity index is 1350. The Kier molecular flexibility index (Phi) is 7.10. The summed E-state index contributed by atoms with van der Waals surface area (Å²) in [7, 11) is 1.46. The molecule has 2 heterocycles. The largest absolute Gasteiger partial charge is 0.493 e. The lowest BCUT2D eigenvalue weighted by Crippen LogP contribution is -2.59.